The van der Waals surface area contributed by atoms with Crippen LogP contribution in [0.4, 0.5) is 0 Å². The molecule has 1 N–H and O–H groups in total. The van der Waals surface area contributed by atoms with Crippen molar-refractivity contribution in [3.63, 3.8) is 0 Å². The van der Waals surface area contributed by atoms with E-state index in [0.29, 0.717) is 12.1 Å². The van der Waals surface area contributed by atoms with E-state index in [4.69, 9.17) is 0 Å². The summed E-state index contributed by atoms with van der Waals surface area (Å²) in [5.74, 6) is 0. The van der Waals surface area contributed by atoms with Gasteiger partial charge in [-0.1, -0.05) is 13.3 Å². The molecule has 0 bridgehead atoms. The SMILES string of the molecule is CCCC(C)N(C)NC(C)C. The van der Waals surface area contributed by atoms with Crippen LogP contribution in [-0.2, 0) is 0 Å². The number of rotatable bonds is 5. The number of hydrogen-bond donors (Lipinski definition) is 1. The van der Waals surface area contributed by atoms with E-state index in [2.05, 4.69) is 45.2 Å². The lowest BCUT2D eigenvalue weighted by atomic mass is 10.2. The van der Waals surface area contributed by atoms with Gasteiger partial charge in [-0.25, -0.2) is 5.01 Å². The van der Waals surface area contributed by atoms with Gasteiger partial charge in [0, 0.05) is 19.1 Å². The van der Waals surface area contributed by atoms with Crippen molar-refractivity contribution < 1.29 is 0 Å². The summed E-state index contributed by atoms with van der Waals surface area (Å²) in [6.07, 6.45) is 2.52. The fraction of sp³-hybridized carbons (Fsp3) is 1.00. The molecule has 0 aromatic heterocycles. The minimum absolute atomic E-state index is 0.541. The number of nitrogens with zero attached hydrogens (tertiary/aromatic N) is 1. The lowest BCUT2D eigenvalue weighted by Gasteiger charge is -2.27. The first-order valence-electron chi connectivity index (χ1n) is 4.57. The quantitative estimate of drug-likeness (QED) is 0.616. The third-order valence-corrected chi connectivity index (χ3v) is 1.83. The molecule has 0 saturated heterocycles. The molecule has 0 aromatic carbocycles. The lowest BCUT2D eigenvalue weighted by Crippen LogP contribution is -2.44. The van der Waals surface area contributed by atoms with Crippen LogP contribution < -0.4 is 5.43 Å². The van der Waals surface area contributed by atoms with Crippen molar-refractivity contribution in [3.05, 3.63) is 0 Å². The molecular weight excluding hydrogens is 136 g/mol. The minimum atomic E-state index is 0.541. The van der Waals surface area contributed by atoms with E-state index in [1.165, 1.54) is 12.8 Å². The minimum Gasteiger partial charge on any atom is -0.253 e. The molecule has 0 amide bonds. The smallest absolute Gasteiger partial charge is 0.0212 e. The maximum absolute atomic E-state index is 3.36. The maximum Gasteiger partial charge on any atom is 0.0212 e. The Labute approximate surface area is 70.9 Å². The van der Waals surface area contributed by atoms with Gasteiger partial charge in [0.15, 0.2) is 0 Å². The molecule has 0 saturated carbocycles. The zero-order valence-corrected chi connectivity index (χ0v) is 8.52. The molecule has 2 nitrogen and oxygen atoms in total. The summed E-state index contributed by atoms with van der Waals surface area (Å²) < 4.78 is 0. The van der Waals surface area contributed by atoms with Crippen LogP contribution in [0.1, 0.15) is 40.5 Å². The van der Waals surface area contributed by atoms with Crippen molar-refractivity contribution in [1.29, 1.82) is 0 Å². The molecule has 0 aliphatic rings. The van der Waals surface area contributed by atoms with E-state index < -0.39 is 0 Å². The topological polar surface area (TPSA) is 15.3 Å². The lowest BCUT2D eigenvalue weighted by molar-refractivity contribution is 0.148. The van der Waals surface area contributed by atoms with Crippen molar-refractivity contribution in [2.45, 2.75) is 52.6 Å². The third-order valence-electron chi connectivity index (χ3n) is 1.83. The van der Waals surface area contributed by atoms with E-state index in [0.717, 1.165) is 0 Å². The molecular formula is C9H22N2. The first-order valence-corrected chi connectivity index (χ1v) is 4.57. The van der Waals surface area contributed by atoms with Gasteiger partial charge < -0.3 is 0 Å². The van der Waals surface area contributed by atoms with Gasteiger partial charge in [-0.2, -0.15) is 0 Å². The molecule has 0 aliphatic heterocycles. The summed E-state index contributed by atoms with van der Waals surface area (Å²) in [6.45, 7) is 8.79. The number of hydrazine groups is 1. The zero-order chi connectivity index (χ0) is 8.85. The number of nitrogens with one attached hydrogen (secondary N) is 1. The largest absolute Gasteiger partial charge is 0.253 e. The fourth-order valence-electron chi connectivity index (χ4n) is 1.15. The Morgan fingerprint density at radius 2 is 1.82 bits per heavy atom. The fourth-order valence-corrected chi connectivity index (χ4v) is 1.15. The molecule has 0 spiro atoms. The molecule has 68 valence electrons. The van der Waals surface area contributed by atoms with E-state index in [1.54, 1.807) is 0 Å². The predicted octanol–water partition coefficient (Wildman–Crippen LogP) is 2.02. The highest BCUT2D eigenvalue weighted by Crippen LogP contribution is 2.01. The van der Waals surface area contributed by atoms with Crippen molar-refractivity contribution in [1.82, 2.24) is 10.4 Å². The van der Waals surface area contributed by atoms with Crippen LogP contribution in [0, 0.1) is 0 Å². The van der Waals surface area contributed by atoms with Gasteiger partial charge in [-0.05, 0) is 27.2 Å². The van der Waals surface area contributed by atoms with Crippen LogP contribution in [0.5, 0.6) is 0 Å². The molecule has 0 rings (SSSR count). The standard InChI is InChI=1S/C9H22N2/c1-6-7-9(4)11(5)10-8(2)3/h8-10H,6-7H2,1-5H3. The van der Waals surface area contributed by atoms with Crippen LogP contribution >= 0.6 is 0 Å². The van der Waals surface area contributed by atoms with Gasteiger partial charge in [0.05, 0.1) is 0 Å². The Balaban J connectivity index is 3.54. The predicted molar refractivity (Wildman–Crippen MR) is 50.4 cm³/mol. The van der Waals surface area contributed by atoms with E-state index in [9.17, 15) is 0 Å². The van der Waals surface area contributed by atoms with Gasteiger partial charge in [0.1, 0.15) is 0 Å². The zero-order valence-electron chi connectivity index (χ0n) is 8.52. The highest BCUT2D eigenvalue weighted by Gasteiger charge is 2.07. The maximum atomic E-state index is 3.36. The Bertz CT molecular complexity index is 91.6. The molecule has 0 heterocycles. The molecule has 0 aliphatic carbocycles. The van der Waals surface area contributed by atoms with Gasteiger partial charge >= 0.3 is 0 Å². The van der Waals surface area contributed by atoms with Crippen LogP contribution in [-0.4, -0.2) is 24.1 Å². The van der Waals surface area contributed by atoms with Crippen LogP contribution in [0.15, 0.2) is 0 Å². The molecule has 11 heavy (non-hydrogen) atoms. The average Bonchev–Trinajstić information content (AvgIpc) is 1.86. The van der Waals surface area contributed by atoms with Gasteiger partial charge in [-0.15, -0.1) is 0 Å². The van der Waals surface area contributed by atoms with Gasteiger partial charge in [0.2, 0.25) is 0 Å². The summed E-state index contributed by atoms with van der Waals surface area (Å²) in [6, 6.07) is 1.18. The van der Waals surface area contributed by atoms with Gasteiger partial charge in [0.25, 0.3) is 0 Å². The summed E-state index contributed by atoms with van der Waals surface area (Å²) >= 11 is 0. The normalized spacial score (nSPS) is 14.5. The van der Waals surface area contributed by atoms with Crippen LogP contribution in [0.3, 0.4) is 0 Å². The van der Waals surface area contributed by atoms with Crippen molar-refractivity contribution in [2.24, 2.45) is 0 Å². The monoisotopic (exact) mass is 158 g/mol. The molecule has 0 fully saturated rings. The van der Waals surface area contributed by atoms with Gasteiger partial charge in [-0.3, -0.25) is 5.43 Å². The second-order valence-electron chi connectivity index (χ2n) is 3.53. The van der Waals surface area contributed by atoms with E-state index in [-0.39, 0.29) is 0 Å². The van der Waals surface area contributed by atoms with Crippen LogP contribution in [0.2, 0.25) is 0 Å². The molecule has 1 unspecified atom stereocenters. The summed E-state index contributed by atoms with van der Waals surface area (Å²) in [7, 11) is 2.11. The highest BCUT2D eigenvalue weighted by molar-refractivity contribution is 4.60. The van der Waals surface area contributed by atoms with E-state index >= 15 is 0 Å². The molecule has 1 atom stereocenters. The average molecular weight is 158 g/mol. The summed E-state index contributed by atoms with van der Waals surface area (Å²) in [5, 5.41) is 2.20. The van der Waals surface area contributed by atoms with Crippen LogP contribution in [0.25, 0.3) is 0 Å². The van der Waals surface area contributed by atoms with Crippen molar-refractivity contribution >= 4 is 0 Å². The second-order valence-corrected chi connectivity index (χ2v) is 3.53. The Morgan fingerprint density at radius 3 is 2.18 bits per heavy atom. The number of hydrogen-bond acceptors (Lipinski definition) is 2. The third kappa shape index (κ3) is 5.22. The summed E-state index contributed by atoms with van der Waals surface area (Å²) in [4.78, 5) is 0. The first-order chi connectivity index (χ1) is 5.07. The second kappa shape index (κ2) is 5.56. The summed E-state index contributed by atoms with van der Waals surface area (Å²) in [5.41, 5.74) is 3.36. The Hall–Kier alpha value is -0.0800. The molecule has 0 radical (unpaired) electrons. The first kappa shape index (κ1) is 10.9. The van der Waals surface area contributed by atoms with E-state index in [1.807, 2.05) is 0 Å². The Morgan fingerprint density at radius 1 is 1.27 bits per heavy atom. The highest BCUT2D eigenvalue weighted by atomic mass is 15.5. The van der Waals surface area contributed by atoms with Crippen molar-refractivity contribution in [2.75, 3.05) is 7.05 Å². The van der Waals surface area contributed by atoms with Crippen molar-refractivity contribution in [3.8, 4) is 0 Å². The molecule has 2 heteroatoms. The molecule has 0 aromatic rings. The Kier molecular flexibility index (Phi) is 5.51.